The lowest BCUT2D eigenvalue weighted by molar-refractivity contribution is -0.259. The predicted octanol–water partition coefficient (Wildman–Crippen LogP) is 1.91. The molecular weight excluding hydrogens is 104 g/mol. The average Bonchev–Trinajstić information content (AvgIpc) is 1.67. The zero-order chi connectivity index (χ0) is 6.62. The largest absolute Gasteiger partial charge is 0.252 e. The van der Waals surface area contributed by atoms with Crippen molar-refractivity contribution in [1.82, 2.24) is 0 Å². The molecule has 8 heavy (non-hydrogen) atoms. The van der Waals surface area contributed by atoms with E-state index >= 15 is 0 Å². The average molecular weight is 118 g/mol. The Kier molecular flexibility index (Phi) is 3.02. The highest BCUT2D eigenvalue weighted by Crippen LogP contribution is 2.18. The summed E-state index contributed by atoms with van der Waals surface area (Å²) in [5, 5.41) is 8.03. The van der Waals surface area contributed by atoms with E-state index in [0.717, 1.165) is 6.42 Å². The summed E-state index contributed by atoms with van der Waals surface area (Å²) < 4.78 is 0. The minimum atomic E-state index is 0.120. The summed E-state index contributed by atoms with van der Waals surface area (Å²) in [6.07, 6.45) is 1.02. The minimum Gasteiger partial charge on any atom is -0.252 e. The first-order valence-corrected chi connectivity index (χ1v) is 2.89. The van der Waals surface area contributed by atoms with E-state index in [1.54, 1.807) is 0 Å². The van der Waals surface area contributed by atoms with Gasteiger partial charge in [0.1, 0.15) is 0 Å². The van der Waals surface area contributed by atoms with Gasteiger partial charge < -0.3 is 0 Å². The number of hydrogen-bond donors (Lipinski definition) is 1. The molecule has 0 spiro atoms. The zero-order valence-corrected chi connectivity index (χ0v) is 5.77. The van der Waals surface area contributed by atoms with Crippen LogP contribution in [0.15, 0.2) is 0 Å². The Balaban J connectivity index is 3.37. The van der Waals surface area contributed by atoms with Crippen LogP contribution in [0.5, 0.6) is 0 Å². The van der Waals surface area contributed by atoms with E-state index in [2.05, 4.69) is 11.8 Å². The van der Waals surface area contributed by atoms with Crippen LogP contribution in [0.2, 0.25) is 0 Å². The molecule has 2 nitrogen and oxygen atoms in total. The van der Waals surface area contributed by atoms with Crippen molar-refractivity contribution in [3.8, 4) is 0 Å². The summed E-state index contributed by atoms with van der Waals surface area (Å²) in [6, 6.07) is 0. The molecule has 0 radical (unpaired) electrons. The molecule has 0 fully saturated rings. The summed E-state index contributed by atoms with van der Waals surface area (Å²) in [4.78, 5) is 4.00. The van der Waals surface area contributed by atoms with Crippen LogP contribution in [0.1, 0.15) is 27.2 Å². The van der Waals surface area contributed by atoms with Crippen molar-refractivity contribution in [1.29, 1.82) is 0 Å². The SMILES string of the molecule is CCC(C)(C)COO. The lowest BCUT2D eigenvalue weighted by atomic mass is 9.92. The highest BCUT2D eigenvalue weighted by molar-refractivity contribution is 4.63. The van der Waals surface area contributed by atoms with Crippen LogP contribution >= 0.6 is 0 Å². The van der Waals surface area contributed by atoms with E-state index in [1.165, 1.54) is 0 Å². The summed E-state index contributed by atoms with van der Waals surface area (Å²) in [7, 11) is 0. The second-order valence-corrected chi connectivity index (χ2v) is 2.79. The van der Waals surface area contributed by atoms with E-state index in [9.17, 15) is 0 Å². The Bertz CT molecular complexity index is 59.5. The highest BCUT2D eigenvalue weighted by atomic mass is 17.1. The third-order valence-electron chi connectivity index (χ3n) is 1.41. The summed E-state index contributed by atoms with van der Waals surface area (Å²) >= 11 is 0. The van der Waals surface area contributed by atoms with E-state index in [-0.39, 0.29) is 5.41 Å². The standard InChI is InChI=1S/C6H14O2/c1-4-6(2,3)5-8-7/h7H,4-5H2,1-3H3. The van der Waals surface area contributed by atoms with Gasteiger partial charge in [-0.15, -0.1) is 0 Å². The van der Waals surface area contributed by atoms with Crippen LogP contribution in [-0.2, 0) is 4.89 Å². The monoisotopic (exact) mass is 118 g/mol. The van der Waals surface area contributed by atoms with Gasteiger partial charge in [0, 0.05) is 0 Å². The van der Waals surface area contributed by atoms with Gasteiger partial charge in [0.2, 0.25) is 0 Å². The Morgan fingerprint density at radius 1 is 1.50 bits per heavy atom. The molecule has 0 bridgehead atoms. The van der Waals surface area contributed by atoms with Crippen molar-refractivity contribution in [3.05, 3.63) is 0 Å². The topological polar surface area (TPSA) is 29.5 Å². The maximum atomic E-state index is 8.03. The fraction of sp³-hybridized carbons (Fsp3) is 1.00. The smallest absolute Gasteiger partial charge is 0.0870 e. The van der Waals surface area contributed by atoms with Crippen molar-refractivity contribution in [2.75, 3.05) is 6.61 Å². The maximum Gasteiger partial charge on any atom is 0.0870 e. The number of hydrogen-bond acceptors (Lipinski definition) is 2. The van der Waals surface area contributed by atoms with Gasteiger partial charge in [-0.05, 0) is 11.8 Å². The van der Waals surface area contributed by atoms with Crippen LogP contribution in [0.25, 0.3) is 0 Å². The first-order valence-electron chi connectivity index (χ1n) is 2.89. The van der Waals surface area contributed by atoms with Gasteiger partial charge in [0.15, 0.2) is 0 Å². The fourth-order valence-electron chi connectivity index (χ4n) is 0.277. The van der Waals surface area contributed by atoms with Crippen LogP contribution in [0.3, 0.4) is 0 Å². The summed E-state index contributed by atoms with van der Waals surface area (Å²) in [6.45, 7) is 6.58. The molecule has 2 heteroatoms. The molecule has 50 valence electrons. The van der Waals surface area contributed by atoms with Crippen molar-refractivity contribution in [2.24, 2.45) is 5.41 Å². The van der Waals surface area contributed by atoms with Gasteiger partial charge in [-0.2, -0.15) is 0 Å². The Morgan fingerprint density at radius 3 is 2.12 bits per heavy atom. The molecule has 1 N–H and O–H groups in total. The zero-order valence-electron chi connectivity index (χ0n) is 5.77. The van der Waals surface area contributed by atoms with E-state index in [4.69, 9.17) is 5.26 Å². The van der Waals surface area contributed by atoms with Crippen molar-refractivity contribution in [2.45, 2.75) is 27.2 Å². The summed E-state index contributed by atoms with van der Waals surface area (Å²) in [5.41, 5.74) is 0.120. The molecule has 0 aromatic heterocycles. The Hall–Kier alpha value is -0.0800. The Labute approximate surface area is 50.4 Å². The quantitative estimate of drug-likeness (QED) is 0.453. The van der Waals surface area contributed by atoms with Gasteiger partial charge in [0.25, 0.3) is 0 Å². The molecule has 0 unspecified atom stereocenters. The lowest BCUT2D eigenvalue weighted by Crippen LogP contribution is -2.16. The first-order chi connectivity index (χ1) is 3.62. The molecular formula is C6H14O2. The molecule has 0 aromatic carbocycles. The molecule has 0 saturated heterocycles. The first kappa shape index (κ1) is 7.92. The normalized spacial score (nSPS) is 12.0. The fourth-order valence-corrected chi connectivity index (χ4v) is 0.277. The number of rotatable bonds is 3. The minimum absolute atomic E-state index is 0.120. The molecule has 0 heterocycles. The third kappa shape index (κ3) is 2.99. The molecule has 0 saturated carbocycles. The van der Waals surface area contributed by atoms with E-state index in [0.29, 0.717) is 6.61 Å². The molecule has 0 aromatic rings. The molecule has 0 atom stereocenters. The highest BCUT2D eigenvalue weighted by Gasteiger charge is 2.14. The molecule has 0 amide bonds. The summed E-state index contributed by atoms with van der Waals surface area (Å²) in [5.74, 6) is 0. The molecule has 0 rings (SSSR count). The van der Waals surface area contributed by atoms with Crippen LogP contribution in [0, 0.1) is 5.41 Å². The van der Waals surface area contributed by atoms with Crippen molar-refractivity contribution >= 4 is 0 Å². The van der Waals surface area contributed by atoms with Crippen LogP contribution < -0.4 is 0 Å². The van der Waals surface area contributed by atoms with Gasteiger partial charge in [-0.3, -0.25) is 5.26 Å². The van der Waals surface area contributed by atoms with Crippen LogP contribution in [-0.4, -0.2) is 11.9 Å². The molecule has 0 aliphatic carbocycles. The second kappa shape index (κ2) is 3.05. The van der Waals surface area contributed by atoms with E-state index < -0.39 is 0 Å². The van der Waals surface area contributed by atoms with Gasteiger partial charge >= 0.3 is 0 Å². The van der Waals surface area contributed by atoms with Crippen molar-refractivity contribution < 1.29 is 10.1 Å². The van der Waals surface area contributed by atoms with Gasteiger partial charge in [-0.25, -0.2) is 4.89 Å². The molecule has 0 aliphatic rings. The maximum absolute atomic E-state index is 8.03. The Morgan fingerprint density at radius 2 is 2.00 bits per heavy atom. The van der Waals surface area contributed by atoms with Gasteiger partial charge in [-0.1, -0.05) is 20.8 Å². The third-order valence-corrected chi connectivity index (χ3v) is 1.41. The second-order valence-electron chi connectivity index (χ2n) is 2.79. The van der Waals surface area contributed by atoms with Crippen LogP contribution in [0.4, 0.5) is 0 Å². The van der Waals surface area contributed by atoms with E-state index in [1.807, 2.05) is 13.8 Å². The molecule has 0 aliphatic heterocycles. The lowest BCUT2D eigenvalue weighted by Gasteiger charge is -2.18. The predicted molar refractivity (Wildman–Crippen MR) is 32.7 cm³/mol. The van der Waals surface area contributed by atoms with Crippen molar-refractivity contribution in [3.63, 3.8) is 0 Å². The van der Waals surface area contributed by atoms with Gasteiger partial charge in [0.05, 0.1) is 6.61 Å².